The first-order valence-electron chi connectivity index (χ1n) is 6.71. The van der Waals surface area contributed by atoms with Gasteiger partial charge in [0, 0.05) is 35.8 Å². The van der Waals surface area contributed by atoms with Crippen molar-refractivity contribution in [3.63, 3.8) is 0 Å². The van der Waals surface area contributed by atoms with E-state index >= 15 is 0 Å². The zero-order chi connectivity index (χ0) is 14.4. The maximum atomic E-state index is 4.64. The molecule has 106 valence electrons. The van der Waals surface area contributed by atoms with Crippen molar-refractivity contribution in [2.45, 2.75) is 20.3 Å². The Morgan fingerprint density at radius 3 is 2.60 bits per heavy atom. The van der Waals surface area contributed by atoms with E-state index in [1.54, 1.807) is 12.4 Å². The predicted molar refractivity (Wildman–Crippen MR) is 86.2 cm³/mol. The minimum atomic E-state index is 0.753. The van der Waals surface area contributed by atoms with Crippen LogP contribution in [0.4, 0.5) is 5.82 Å². The van der Waals surface area contributed by atoms with Crippen molar-refractivity contribution < 1.29 is 0 Å². The molecule has 0 aliphatic rings. The quantitative estimate of drug-likeness (QED) is 0.826. The topological polar surface area (TPSA) is 50.7 Å². The molecule has 0 aromatic carbocycles. The van der Waals surface area contributed by atoms with Crippen LogP contribution in [0, 0.1) is 13.8 Å². The van der Waals surface area contributed by atoms with Gasteiger partial charge in [0.2, 0.25) is 0 Å². The van der Waals surface area contributed by atoms with Gasteiger partial charge < -0.3 is 5.32 Å². The molecule has 0 saturated carbocycles. The van der Waals surface area contributed by atoms with Gasteiger partial charge in [0.25, 0.3) is 0 Å². The van der Waals surface area contributed by atoms with Gasteiger partial charge in [0.15, 0.2) is 5.82 Å². The molecule has 0 saturated heterocycles. The van der Waals surface area contributed by atoms with Crippen LogP contribution in [0.5, 0.6) is 0 Å². The second kappa shape index (κ2) is 7.24. The lowest BCUT2D eigenvalue weighted by molar-refractivity contribution is 0.964. The van der Waals surface area contributed by atoms with Gasteiger partial charge >= 0.3 is 0 Å². The van der Waals surface area contributed by atoms with Crippen LogP contribution in [-0.2, 0) is 0 Å². The minimum Gasteiger partial charge on any atom is -0.370 e. The van der Waals surface area contributed by atoms with E-state index < -0.39 is 0 Å². The van der Waals surface area contributed by atoms with E-state index in [0.717, 1.165) is 47.2 Å². The Morgan fingerprint density at radius 1 is 1.15 bits per heavy atom. The number of thioether (sulfide) groups is 1. The number of rotatable bonds is 6. The second-order valence-electron chi connectivity index (χ2n) is 4.62. The van der Waals surface area contributed by atoms with Crippen molar-refractivity contribution in [1.82, 2.24) is 15.0 Å². The van der Waals surface area contributed by atoms with Crippen LogP contribution in [0.2, 0.25) is 0 Å². The van der Waals surface area contributed by atoms with Gasteiger partial charge in [0.1, 0.15) is 5.82 Å². The average Bonchev–Trinajstić information content (AvgIpc) is 2.48. The molecule has 0 aliphatic heterocycles. The lowest BCUT2D eigenvalue weighted by Gasteiger charge is -2.12. The summed E-state index contributed by atoms with van der Waals surface area (Å²) in [5.74, 6) is 2.85. The van der Waals surface area contributed by atoms with Crippen LogP contribution in [0.25, 0.3) is 11.4 Å². The number of nitrogens with zero attached hydrogens (tertiary/aromatic N) is 3. The summed E-state index contributed by atoms with van der Waals surface area (Å²) in [6, 6.07) is 3.86. The molecule has 0 aliphatic carbocycles. The summed E-state index contributed by atoms with van der Waals surface area (Å²) in [4.78, 5) is 13.2. The van der Waals surface area contributed by atoms with Crippen LogP contribution in [0.3, 0.4) is 0 Å². The highest BCUT2D eigenvalue weighted by Gasteiger charge is 2.09. The molecule has 2 aromatic heterocycles. The van der Waals surface area contributed by atoms with Crippen LogP contribution in [0.1, 0.15) is 17.7 Å². The Kier molecular flexibility index (Phi) is 5.35. The summed E-state index contributed by atoms with van der Waals surface area (Å²) >= 11 is 1.86. The fraction of sp³-hybridized carbons (Fsp3) is 0.400. The van der Waals surface area contributed by atoms with Gasteiger partial charge in [-0.1, -0.05) is 0 Å². The lowest BCUT2D eigenvalue weighted by Crippen LogP contribution is -2.09. The molecule has 0 amide bonds. The molecule has 0 fully saturated rings. The molecule has 0 radical (unpaired) electrons. The Labute approximate surface area is 124 Å². The number of hydrogen-bond acceptors (Lipinski definition) is 5. The van der Waals surface area contributed by atoms with Crippen LogP contribution in [-0.4, -0.2) is 33.5 Å². The molecule has 4 nitrogen and oxygen atoms in total. The molecule has 2 aromatic rings. The highest BCUT2D eigenvalue weighted by molar-refractivity contribution is 7.98. The van der Waals surface area contributed by atoms with Gasteiger partial charge in [-0.2, -0.15) is 11.8 Å². The van der Waals surface area contributed by atoms with E-state index in [9.17, 15) is 0 Å². The monoisotopic (exact) mass is 288 g/mol. The zero-order valence-electron chi connectivity index (χ0n) is 12.2. The highest BCUT2D eigenvalue weighted by atomic mass is 32.2. The number of hydrogen-bond donors (Lipinski definition) is 1. The number of nitrogens with one attached hydrogen (secondary N) is 1. The molecule has 0 unspecified atom stereocenters. The molecule has 0 spiro atoms. The van der Waals surface area contributed by atoms with E-state index in [4.69, 9.17) is 0 Å². The van der Waals surface area contributed by atoms with Crippen molar-refractivity contribution in [1.29, 1.82) is 0 Å². The van der Waals surface area contributed by atoms with Gasteiger partial charge in [-0.3, -0.25) is 4.98 Å². The second-order valence-corrected chi connectivity index (χ2v) is 5.60. The number of anilines is 1. The summed E-state index contributed by atoms with van der Waals surface area (Å²) in [7, 11) is 0. The summed E-state index contributed by atoms with van der Waals surface area (Å²) in [6.45, 7) is 5.02. The van der Waals surface area contributed by atoms with E-state index in [0.29, 0.717) is 0 Å². The smallest absolute Gasteiger partial charge is 0.161 e. The molecular formula is C15H20N4S. The molecule has 0 atom stereocenters. The van der Waals surface area contributed by atoms with Gasteiger partial charge in [-0.05, 0) is 44.4 Å². The maximum Gasteiger partial charge on any atom is 0.161 e. The van der Waals surface area contributed by atoms with Crippen molar-refractivity contribution in [3.05, 3.63) is 35.8 Å². The zero-order valence-corrected chi connectivity index (χ0v) is 13.0. The first-order valence-corrected chi connectivity index (χ1v) is 8.10. The van der Waals surface area contributed by atoms with Crippen molar-refractivity contribution in [2.24, 2.45) is 0 Å². The molecular weight excluding hydrogens is 268 g/mol. The Hall–Kier alpha value is -1.62. The van der Waals surface area contributed by atoms with E-state index in [1.807, 2.05) is 30.8 Å². The largest absolute Gasteiger partial charge is 0.370 e. The Morgan fingerprint density at radius 2 is 1.90 bits per heavy atom. The third-order valence-corrected chi connectivity index (χ3v) is 3.84. The van der Waals surface area contributed by atoms with E-state index in [2.05, 4.69) is 33.4 Å². The van der Waals surface area contributed by atoms with Crippen LogP contribution < -0.4 is 5.32 Å². The maximum absolute atomic E-state index is 4.64. The Balaban J connectivity index is 2.21. The lowest BCUT2D eigenvalue weighted by atomic mass is 10.2. The first kappa shape index (κ1) is 14.8. The Bertz CT molecular complexity index is 557. The molecule has 5 heteroatoms. The molecule has 2 rings (SSSR count). The molecule has 20 heavy (non-hydrogen) atoms. The highest BCUT2D eigenvalue weighted by Crippen LogP contribution is 2.21. The molecule has 2 heterocycles. The minimum absolute atomic E-state index is 0.753. The summed E-state index contributed by atoms with van der Waals surface area (Å²) in [5, 5.41) is 3.42. The van der Waals surface area contributed by atoms with Crippen molar-refractivity contribution in [2.75, 3.05) is 23.9 Å². The standard InChI is InChI=1S/C15H20N4S/c1-11-12(2)18-15(13-5-8-16-9-6-13)19-14(11)17-7-4-10-20-3/h5-6,8-9H,4,7,10H2,1-3H3,(H,17,18,19). The average molecular weight is 288 g/mol. The fourth-order valence-corrected chi connectivity index (χ4v) is 2.29. The first-order chi connectivity index (χ1) is 9.72. The van der Waals surface area contributed by atoms with Gasteiger partial charge in [-0.25, -0.2) is 9.97 Å². The van der Waals surface area contributed by atoms with Crippen molar-refractivity contribution in [3.8, 4) is 11.4 Å². The summed E-state index contributed by atoms with van der Waals surface area (Å²) < 4.78 is 0. The predicted octanol–water partition coefficient (Wildman–Crippen LogP) is 3.32. The van der Waals surface area contributed by atoms with Crippen molar-refractivity contribution >= 4 is 17.6 Å². The molecule has 0 bridgehead atoms. The van der Waals surface area contributed by atoms with Gasteiger partial charge in [0.05, 0.1) is 0 Å². The van der Waals surface area contributed by atoms with Gasteiger partial charge in [-0.15, -0.1) is 0 Å². The summed E-state index contributed by atoms with van der Waals surface area (Å²) in [5.41, 5.74) is 3.13. The SMILES string of the molecule is CSCCCNc1nc(-c2ccncc2)nc(C)c1C. The third kappa shape index (κ3) is 3.70. The van der Waals surface area contributed by atoms with E-state index in [1.165, 1.54) is 0 Å². The number of aromatic nitrogens is 3. The van der Waals surface area contributed by atoms with E-state index in [-0.39, 0.29) is 0 Å². The normalized spacial score (nSPS) is 10.6. The number of aryl methyl sites for hydroxylation is 1. The summed E-state index contributed by atoms with van der Waals surface area (Å²) in [6.07, 6.45) is 6.79. The van der Waals surface area contributed by atoms with Crippen LogP contribution >= 0.6 is 11.8 Å². The fourth-order valence-electron chi connectivity index (χ4n) is 1.85. The molecule has 1 N–H and O–H groups in total. The third-order valence-electron chi connectivity index (χ3n) is 3.15. The van der Waals surface area contributed by atoms with Crippen LogP contribution in [0.15, 0.2) is 24.5 Å². The number of pyridine rings is 1.